The van der Waals surface area contributed by atoms with Gasteiger partial charge in [-0.05, 0) is 11.1 Å². The molecule has 96 valence electrons. The van der Waals surface area contributed by atoms with Crippen LogP contribution in [-0.4, -0.2) is 22.5 Å². The van der Waals surface area contributed by atoms with Crippen LogP contribution in [0.3, 0.4) is 0 Å². The first-order valence-corrected chi connectivity index (χ1v) is 6.31. The van der Waals surface area contributed by atoms with E-state index in [1.807, 2.05) is 48.5 Å². The molecule has 0 spiro atoms. The van der Waals surface area contributed by atoms with E-state index in [1.54, 1.807) is 17.0 Å². The molecule has 0 aromatic heterocycles. The van der Waals surface area contributed by atoms with Crippen molar-refractivity contribution in [2.24, 2.45) is 0 Å². The Bertz CT molecular complexity index is 582. The van der Waals surface area contributed by atoms with Gasteiger partial charge in [-0.25, -0.2) is 0 Å². The summed E-state index contributed by atoms with van der Waals surface area (Å²) >= 11 is 0. The van der Waals surface area contributed by atoms with Gasteiger partial charge in [0.1, 0.15) is 0 Å². The highest BCUT2D eigenvalue weighted by molar-refractivity contribution is 5.92. The van der Waals surface area contributed by atoms with E-state index in [-0.39, 0.29) is 5.91 Å². The molecular formula is C16H15NO2. The lowest BCUT2D eigenvalue weighted by Gasteiger charge is -2.45. The maximum absolute atomic E-state index is 12.2. The molecule has 1 amide bonds. The molecule has 1 N–H and O–H groups in total. The minimum atomic E-state index is -1.34. The van der Waals surface area contributed by atoms with Gasteiger partial charge in [0.25, 0.3) is 5.91 Å². The number of benzene rings is 2. The number of aliphatic hydroxyl groups is 1. The molecule has 1 fully saturated rings. The molecule has 0 aliphatic carbocycles. The van der Waals surface area contributed by atoms with Crippen molar-refractivity contribution in [3.8, 4) is 0 Å². The number of β-amino-alcohol motifs (C(OH)–C–C–N with tert-alkyl or cyclic N) is 1. The second-order valence-electron chi connectivity index (χ2n) is 4.87. The van der Waals surface area contributed by atoms with Gasteiger partial charge in [-0.1, -0.05) is 60.7 Å². The van der Waals surface area contributed by atoms with E-state index in [1.165, 1.54) is 0 Å². The van der Waals surface area contributed by atoms with Crippen molar-refractivity contribution in [2.75, 3.05) is 6.54 Å². The lowest BCUT2D eigenvalue weighted by molar-refractivity contribution is -0.178. The number of amides is 1. The van der Waals surface area contributed by atoms with Crippen LogP contribution in [0.15, 0.2) is 60.7 Å². The lowest BCUT2D eigenvalue weighted by Crippen LogP contribution is -2.63. The molecule has 2 aromatic rings. The normalized spacial score (nSPS) is 22.2. The monoisotopic (exact) mass is 253 g/mol. The number of rotatable bonds is 3. The number of carbonyl (C=O) groups is 1. The fraction of sp³-hybridized carbons (Fsp3) is 0.188. The maximum Gasteiger partial charge on any atom is 0.261 e. The standard InChI is InChI=1S/C16H15NO2/c18-15-16(19,14-9-5-2-6-10-14)12-17(15)11-13-7-3-1-4-8-13/h1-10,19H,11-12H2. The molecule has 1 heterocycles. The van der Waals surface area contributed by atoms with Gasteiger partial charge in [0.15, 0.2) is 5.60 Å². The van der Waals surface area contributed by atoms with E-state index in [9.17, 15) is 9.90 Å². The molecule has 1 saturated heterocycles. The minimum Gasteiger partial charge on any atom is -0.374 e. The van der Waals surface area contributed by atoms with Crippen molar-refractivity contribution in [3.63, 3.8) is 0 Å². The number of hydrogen-bond donors (Lipinski definition) is 1. The van der Waals surface area contributed by atoms with Crippen molar-refractivity contribution in [1.82, 2.24) is 4.90 Å². The smallest absolute Gasteiger partial charge is 0.261 e. The number of nitrogens with zero attached hydrogens (tertiary/aromatic N) is 1. The predicted molar refractivity (Wildman–Crippen MR) is 72.2 cm³/mol. The Morgan fingerprint density at radius 3 is 2.16 bits per heavy atom. The zero-order chi connectivity index (χ0) is 13.3. The summed E-state index contributed by atoms with van der Waals surface area (Å²) in [5.74, 6) is -0.220. The van der Waals surface area contributed by atoms with Gasteiger partial charge in [0.05, 0.1) is 6.54 Å². The van der Waals surface area contributed by atoms with Crippen molar-refractivity contribution in [3.05, 3.63) is 71.8 Å². The molecule has 0 bridgehead atoms. The Hall–Kier alpha value is -2.13. The molecule has 1 aliphatic rings. The quantitative estimate of drug-likeness (QED) is 0.849. The van der Waals surface area contributed by atoms with E-state index in [0.29, 0.717) is 18.7 Å². The summed E-state index contributed by atoms with van der Waals surface area (Å²) in [4.78, 5) is 13.8. The van der Waals surface area contributed by atoms with Gasteiger partial charge in [-0.3, -0.25) is 4.79 Å². The first-order valence-electron chi connectivity index (χ1n) is 6.31. The molecule has 3 heteroatoms. The molecule has 1 unspecified atom stereocenters. The van der Waals surface area contributed by atoms with Gasteiger partial charge < -0.3 is 10.0 Å². The van der Waals surface area contributed by atoms with Crippen molar-refractivity contribution in [2.45, 2.75) is 12.1 Å². The SMILES string of the molecule is O=C1N(Cc2ccccc2)CC1(O)c1ccccc1. The lowest BCUT2D eigenvalue weighted by atomic mass is 9.85. The van der Waals surface area contributed by atoms with Crippen LogP contribution in [0.25, 0.3) is 0 Å². The van der Waals surface area contributed by atoms with E-state index >= 15 is 0 Å². The fourth-order valence-corrected chi connectivity index (χ4v) is 2.45. The first kappa shape index (κ1) is 11.9. The summed E-state index contributed by atoms with van der Waals surface area (Å²) < 4.78 is 0. The second kappa shape index (κ2) is 4.52. The van der Waals surface area contributed by atoms with E-state index in [4.69, 9.17) is 0 Å². The molecular weight excluding hydrogens is 238 g/mol. The molecule has 1 aliphatic heterocycles. The van der Waals surface area contributed by atoms with Crippen LogP contribution in [0.4, 0.5) is 0 Å². The third-order valence-corrected chi connectivity index (χ3v) is 3.53. The first-order chi connectivity index (χ1) is 9.20. The summed E-state index contributed by atoms with van der Waals surface area (Å²) in [6.45, 7) is 0.902. The molecule has 3 nitrogen and oxygen atoms in total. The van der Waals surface area contributed by atoms with Crippen molar-refractivity contribution >= 4 is 5.91 Å². The highest BCUT2D eigenvalue weighted by atomic mass is 16.3. The second-order valence-corrected chi connectivity index (χ2v) is 4.87. The van der Waals surface area contributed by atoms with Crippen LogP contribution in [0.1, 0.15) is 11.1 Å². The summed E-state index contributed by atoms with van der Waals surface area (Å²) in [7, 11) is 0. The number of hydrogen-bond acceptors (Lipinski definition) is 2. The van der Waals surface area contributed by atoms with Crippen LogP contribution in [0, 0.1) is 0 Å². The highest BCUT2D eigenvalue weighted by Gasteiger charge is 2.51. The number of likely N-dealkylation sites (tertiary alicyclic amines) is 1. The Morgan fingerprint density at radius 2 is 1.58 bits per heavy atom. The summed E-state index contributed by atoms with van der Waals surface area (Å²) in [5.41, 5.74) is 0.408. The third kappa shape index (κ3) is 2.02. The zero-order valence-corrected chi connectivity index (χ0v) is 10.5. The highest BCUT2D eigenvalue weighted by Crippen LogP contribution is 2.34. The zero-order valence-electron chi connectivity index (χ0n) is 10.5. The van der Waals surface area contributed by atoms with Gasteiger partial charge in [-0.15, -0.1) is 0 Å². The molecule has 2 aromatic carbocycles. The van der Waals surface area contributed by atoms with Crippen molar-refractivity contribution in [1.29, 1.82) is 0 Å². The van der Waals surface area contributed by atoms with Gasteiger partial charge >= 0.3 is 0 Å². The molecule has 1 atom stereocenters. The topological polar surface area (TPSA) is 40.5 Å². The largest absolute Gasteiger partial charge is 0.374 e. The Balaban J connectivity index is 1.73. The Kier molecular flexibility index (Phi) is 2.84. The average Bonchev–Trinajstić information content (AvgIpc) is 2.48. The van der Waals surface area contributed by atoms with Crippen molar-refractivity contribution < 1.29 is 9.90 Å². The molecule has 3 rings (SSSR count). The van der Waals surface area contributed by atoms with E-state index < -0.39 is 5.60 Å². The Labute approximate surface area is 112 Å². The molecule has 19 heavy (non-hydrogen) atoms. The third-order valence-electron chi connectivity index (χ3n) is 3.53. The van der Waals surface area contributed by atoms with Crippen LogP contribution in [0.2, 0.25) is 0 Å². The minimum absolute atomic E-state index is 0.220. The average molecular weight is 253 g/mol. The summed E-state index contributed by atoms with van der Waals surface area (Å²) in [6.07, 6.45) is 0. The summed E-state index contributed by atoms with van der Waals surface area (Å²) in [5, 5.41) is 10.4. The fourth-order valence-electron chi connectivity index (χ4n) is 2.45. The van der Waals surface area contributed by atoms with Gasteiger partial charge in [-0.2, -0.15) is 0 Å². The van der Waals surface area contributed by atoms with Gasteiger partial charge in [0.2, 0.25) is 0 Å². The van der Waals surface area contributed by atoms with Gasteiger partial charge in [0, 0.05) is 6.54 Å². The van der Waals surface area contributed by atoms with E-state index in [0.717, 1.165) is 5.56 Å². The van der Waals surface area contributed by atoms with Crippen LogP contribution < -0.4 is 0 Å². The molecule has 0 saturated carbocycles. The van der Waals surface area contributed by atoms with Crippen LogP contribution in [-0.2, 0) is 16.9 Å². The van der Waals surface area contributed by atoms with Crippen LogP contribution in [0.5, 0.6) is 0 Å². The summed E-state index contributed by atoms with van der Waals surface area (Å²) in [6, 6.07) is 18.9. The van der Waals surface area contributed by atoms with E-state index in [2.05, 4.69) is 0 Å². The molecule has 0 radical (unpaired) electrons. The number of carbonyl (C=O) groups excluding carboxylic acids is 1. The Morgan fingerprint density at radius 1 is 1.00 bits per heavy atom. The maximum atomic E-state index is 12.2. The number of β-lactam (4-membered cyclic amide) rings is 1. The van der Waals surface area contributed by atoms with Crippen LogP contribution >= 0.6 is 0 Å². The predicted octanol–water partition coefficient (Wildman–Crippen LogP) is 1.92.